The van der Waals surface area contributed by atoms with E-state index >= 15 is 0 Å². The highest BCUT2D eigenvalue weighted by Crippen LogP contribution is 2.34. The molecule has 0 aliphatic heterocycles. The number of pyridine rings is 1. The van der Waals surface area contributed by atoms with Gasteiger partial charge in [0.15, 0.2) is 0 Å². The number of ether oxygens (including phenoxy) is 2. The molecule has 0 bridgehead atoms. The van der Waals surface area contributed by atoms with Crippen molar-refractivity contribution in [2.75, 3.05) is 7.11 Å². The van der Waals surface area contributed by atoms with Crippen LogP contribution in [0.1, 0.15) is 39.3 Å². The molecule has 3 N–H and O–H groups in total. The third-order valence-electron chi connectivity index (χ3n) is 5.19. The lowest BCUT2D eigenvalue weighted by Crippen LogP contribution is -2.27. The summed E-state index contributed by atoms with van der Waals surface area (Å²) in [4.78, 5) is 15.1. The standard InChI is InChI=1S/C25H29N3O2.C3H4N2/c1-5-15-25(2,3)30-20-12-9-18(10-13-20)19-11-14-21(23(17-19)29-4)28-24(26)22-8-6-7-16-27-22;1-2-5-3-4-1/h6-14,16-17H,5,15H2,1-4H3,(H2,26,28);1-3H,(H,4,5). The van der Waals surface area contributed by atoms with Crippen LogP contribution in [0.2, 0.25) is 0 Å². The van der Waals surface area contributed by atoms with E-state index in [1.165, 1.54) is 0 Å². The first-order chi connectivity index (χ1) is 16.9. The molecule has 0 saturated carbocycles. The Bertz CT molecular complexity index is 1170. The maximum atomic E-state index is 6.12. The molecule has 182 valence electrons. The number of nitrogens with one attached hydrogen (secondary N) is 1. The summed E-state index contributed by atoms with van der Waals surface area (Å²) in [6.45, 7) is 6.40. The molecule has 0 aliphatic carbocycles. The van der Waals surface area contributed by atoms with E-state index in [0.717, 1.165) is 29.7 Å². The van der Waals surface area contributed by atoms with Crippen LogP contribution in [0.5, 0.6) is 11.5 Å². The number of aliphatic imine (C=N–C) groups is 1. The Morgan fingerprint density at radius 2 is 1.80 bits per heavy atom. The number of nitrogens with two attached hydrogens (primary N) is 1. The van der Waals surface area contributed by atoms with Crippen molar-refractivity contribution < 1.29 is 9.47 Å². The monoisotopic (exact) mass is 471 g/mol. The van der Waals surface area contributed by atoms with Crippen molar-refractivity contribution in [2.24, 2.45) is 10.7 Å². The minimum Gasteiger partial charge on any atom is -0.494 e. The molecule has 0 unspecified atom stereocenters. The van der Waals surface area contributed by atoms with Gasteiger partial charge in [0, 0.05) is 18.6 Å². The molecule has 0 fully saturated rings. The fourth-order valence-electron chi connectivity index (χ4n) is 3.55. The number of methoxy groups -OCH3 is 1. The van der Waals surface area contributed by atoms with E-state index in [4.69, 9.17) is 15.2 Å². The number of nitrogens with zero attached hydrogens (tertiary/aromatic N) is 3. The summed E-state index contributed by atoms with van der Waals surface area (Å²) in [5.74, 6) is 1.86. The van der Waals surface area contributed by atoms with E-state index in [0.29, 0.717) is 23.0 Å². The number of benzene rings is 2. The minimum absolute atomic E-state index is 0.174. The topological polar surface area (TPSA) is 98.4 Å². The van der Waals surface area contributed by atoms with Crippen molar-refractivity contribution in [3.05, 3.63) is 91.3 Å². The number of hydrogen-bond acceptors (Lipinski definition) is 5. The van der Waals surface area contributed by atoms with Gasteiger partial charge in [0.2, 0.25) is 0 Å². The molecule has 0 amide bonds. The minimum atomic E-state index is -0.174. The number of hydrogen-bond donors (Lipinski definition) is 2. The van der Waals surface area contributed by atoms with Gasteiger partial charge < -0.3 is 20.2 Å². The van der Waals surface area contributed by atoms with Gasteiger partial charge in [0.25, 0.3) is 0 Å². The Morgan fingerprint density at radius 1 is 1.03 bits per heavy atom. The van der Waals surface area contributed by atoms with Crippen molar-refractivity contribution >= 4 is 11.5 Å². The number of aromatic nitrogens is 3. The maximum Gasteiger partial charge on any atom is 0.150 e. The lowest BCUT2D eigenvalue weighted by molar-refractivity contribution is 0.0986. The van der Waals surface area contributed by atoms with Gasteiger partial charge in [-0.2, -0.15) is 0 Å². The second kappa shape index (κ2) is 12.4. The van der Waals surface area contributed by atoms with Crippen LogP contribution in [0.15, 0.2) is 90.6 Å². The zero-order chi connectivity index (χ0) is 25.1. The summed E-state index contributed by atoms with van der Waals surface area (Å²) in [6.07, 6.45) is 8.87. The Hall–Kier alpha value is -4.13. The van der Waals surface area contributed by atoms with Gasteiger partial charge in [-0.1, -0.05) is 37.6 Å². The van der Waals surface area contributed by atoms with Gasteiger partial charge in [0.05, 0.1) is 13.4 Å². The molecule has 0 saturated heterocycles. The van der Waals surface area contributed by atoms with E-state index in [1.54, 1.807) is 32.0 Å². The molecule has 0 atom stereocenters. The molecule has 0 spiro atoms. The highest BCUT2D eigenvalue weighted by atomic mass is 16.5. The predicted octanol–water partition coefficient (Wildman–Crippen LogP) is 6.16. The molecule has 2 heterocycles. The number of rotatable bonds is 8. The van der Waals surface area contributed by atoms with Crippen LogP contribution in [-0.4, -0.2) is 33.5 Å². The second-order valence-corrected chi connectivity index (χ2v) is 8.50. The van der Waals surface area contributed by atoms with E-state index in [9.17, 15) is 0 Å². The van der Waals surface area contributed by atoms with Crippen LogP contribution in [0, 0.1) is 0 Å². The Labute approximate surface area is 207 Å². The molecule has 4 rings (SSSR count). The van der Waals surface area contributed by atoms with Crippen molar-refractivity contribution in [3.63, 3.8) is 0 Å². The molecule has 7 heteroatoms. The molecule has 7 nitrogen and oxygen atoms in total. The number of imidazole rings is 1. The van der Waals surface area contributed by atoms with Crippen molar-refractivity contribution in [1.82, 2.24) is 15.0 Å². The van der Waals surface area contributed by atoms with Crippen LogP contribution in [0.4, 0.5) is 5.69 Å². The Kier molecular flexibility index (Phi) is 9.01. The van der Waals surface area contributed by atoms with Gasteiger partial charge >= 0.3 is 0 Å². The summed E-state index contributed by atoms with van der Waals surface area (Å²) in [7, 11) is 1.63. The zero-order valence-electron chi connectivity index (χ0n) is 20.7. The molecular weight excluding hydrogens is 438 g/mol. The summed E-state index contributed by atoms with van der Waals surface area (Å²) in [5, 5.41) is 0. The number of aromatic amines is 1. The molecule has 35 heavy (non-hydrogen) atoms. The largest absolute Gasteiger partial charge is 0.494 e. The smallest absolute Gasteiger partial charge is 0.150 e. The molecule has 0 aliphatic rings. The third kappa shape index (κ3) is 7.71. The summed E-state index contributed by atoms with van der Waals surface area (Å²) in [6, 6.07) is 19.5. The predicted molar refractivity (Wildman–Crippen MR) is 141 cm³/mol. The van der Waals surface area contributed by atoms with Crippen molar-refractivity contribution in [3.8, 4) is 22.6 Å². The van der Waals surface area contributed by atoms with Crippen molar-refractivity contribution in [2.45, 2.75) is 39.2 Å². The van der Waals surface area contributed by atoms with Crippen LogP contribution < -0.4 is 15.2 Å². The van der Waals surface area contributed by atoms with Crippen LogP contribution >= 0.6 is 0 Å². The highest BCUT2D eigenvalue weighted by molar-refractivity contribution is 5.97. The second-order valence-electron chi connectivity index (χ2n) is 8.50. The first-order valence-electron chi connectivity index (χ1n) is 11.6. The average Bonchev–Trinajstić information content (AvgIpc) is 3.45. The maximum absolute atomic E-state index is 6.12. The van der Waals surface area contributed by atoms with Gasteiger partial charge in [-0.25, -0.2) is 9.98 Å². The lowest BCUT2D eigenvalue weighted by atomic mass is 10.0. The van der Waals surface area contributed by atoms with Gasteiger partial charge in [-0.3, -0.25) is 4.98 Å². The number of amidine groups is 1. The molecular formula is C28H33N5O2. The van der Waals surface area contributed by atoms with Crippen molar-refractivity contribution in [1.29, 1.82) is 0 Å². The van der Waals surface area contributed by atoms with E-state index in [1.807, 2.05) is 48.5 Å². The van der Waals surface area contributed by atoms with E-state index < -0.39 is 0 Å². The normalized spacial score (nSPS) is 11.4. The molecule has 4 aromatic rings. The summed E-state index contributed by atoms with van der Waals surface area (Å²) >= 11 is 0. The fraction of sp³-hybridized carbons (Fsp3) is 0.250. The summed E-state index contributed by atoms with van der Waals surface area (Å²) in [5.41, 5.74) is 9.32. The third-order valence-corrected chi connectivity index (χ3v) is 5.19. The first kappa shape index (κ1) is 25.5. The van der Waals surface area contributed by atoms with Gasteiger partial charge in [0.1, 0.15) is 34.3 Å². The molecule has 2 aromatic heterocycles. The number of H-pyrrole nitrogens is 1. The zero-order valence-corrected chi connectivity index (χ0v) is 20.7. The highest BCUT2D eigenvalue weighted by Gasteiger charge is 2.18. The fourth-order valence-corrected chi connectivity index (χ4v) is 3.55. The lowest BCUT2D eigenvalue weighted by Gasteiger charge is -2.26. The quantitative estimate of drug-likeness (QED) is 0.237. The average molecular weight is 472 g/mol. The van der Waals surface area contributed by atoms with Gasteiger partial charge in [-0.15, -0.1) is 0 Å². The van der Waals surface area contributed by atoms with Gasteiger partial charge in [-0.05, 0) is 67.8 Å². The Morgan fingerprint density at radius 3 is 2.37 bits per heavy atom. The van der Waals surface area contributed by atoms with Crippen LogP contribution in [0.3, 0.4) is 0 Å². The summed E-state index contributed by atoms with van der Waals surface area (Å²) < 4.78 is 11.7. The van der Waals surface area contributed by atoms with E-state index in [-0.39, 0.29) is 5.60 Å². The van der Waals surface area contributed by atoms with Crippen LogP contribution in [0.25, 0.3) is 11.1 Å². The molecule has 2 aromatic carbocycles. The Balaban J connectivity index is 0.000000607. The first-order valence-corrected chi connectivity index (χ1v) is 11.6. The van der Waals surface area contributed by atoms with E-state index in [2.05, 4.69) is 52.8 Å². The van der Waals surface area contributed by atoms with Crippen LogP contribution in [-0.2, 0) is 0 Å². The molecule has 0 radical (unpaired) electrons. The SMILES string of the molecule is CCCC(C)(C)Oc1ccc(-c2ccc(N=C(N)c3ccccn3)c(OC)c2)cc1.c1c[nH]cn1.